The minimum atomic E-state index is -0.861. The Hall–Kier alpha value is -2.91. The average Bonchev–Trinajstić information content (AvgIpc) is 3.19. The van der Waals surface area contributed by atoms with Crippen LogP contribution in [0.4, 0.5) is 0 Å². The molecule has 1 unspecified atom stereocenters. The Morgan fingerprint density at radius 2 is 2.00 bits per heavy atom. The molecule has 0 fully saturated rings. The third-order valence-corrected chi connectivity index (χ3v) is 7.62. The quantitative estimate of drug-likeness (QED) is 0.354. The van der Waals surface area contributed by atoms with Crippen LogP contribution in [0.1, 0.15) is 56.2 Å². The number of benzene rings is 2. The van der Waals surface area contributed by atoms with E-state index in [2.05, 4.69) is 37.1 Å². The first-order chi connectivity index (χ1) is 16.7. The summed E-state index contributed by atoms with van der Waals surface area (Å²) in [5.41, 5.74) is 2.78. The molecule has 35 heavy (non-hydrogen) atoms. The second-order valence-electron chi connectivity index (χ2n) is 8.69. The molecule has 2 N–H and O–H groups in total. The normalized spacial score (nSPS) is 16.1. The van der Waals surface area contributed by atoms with Crippen molar-refractivity contribution in [2.24, 2.45) is 0 Å². The Balaban J connectivity index is 1.55. The van der Waals surface area contributed by atoms with E-state index in [9.17, 15) is 19.5 Å². The Labute approximate surface area is 218 Å². The van der Waals surface area contributed by atoms with Crippen molar-refractivity contribution < 1.29 is 14.7 Å². The molecule has 0 saturated heterocycles. The number of fused-ring (bicyclic) bond motifs is 5. The number of amides is 2. The summed E-state index contributed by atoms with van der Waals surface area (Å²) >= 11 is 2.22. The van der Waals surface area contributed by atoms with Crippen molar-refractivity contribution in [3.05, 3.63) is 89.9 Å². The van der Waals surface area contributed by atoms with Crippen molar-refractivity contribution in [2.45, 2.75) is 33.1 Å². The molecule has 3 aromatic rings. The molecule has 0 aliphatic carbocycles. The number of hydrogen-bond acceptors (Lipinski definition) is 5. The molecular weight excluding hydrogens is 578 g/mol. The van der Waals surface area contributed by atoms with Gasteiger partial charge >= 0.3 is 0 Å². The SMILES string of the molecule is CCN1C(=O)c2c(O)c(=O)c(C(=O)NCc3ccc(I)cc3C)cn2N2Cc3ccc(P)cc3[C@@H]12. The summed E-state index contributed by atoms with van der Waals surface area (Å²) < 4.78 is 2.57. The van der Waals surface area contributed by atoms with Crippen molar-refractivity contribution in [1.82, 2.24) is 14.9 Å². The minimum absolute atomic E-state index is 0.128. The number of hydrogen-bond donors (Lipinski definition) is 2. The number of nitrogens with zero attached hydrogens (tertiary/aromatic N) is 3. The molecule has 0 spiro atoms. The van der Waals surface area contributed by atoms with Crippen LogP contribution in [0.5, 0.6) is 5.75 Å². The Bertz CT molecular complexity index is 1450. The lowest BCUT2D eigenvalue weighted by atomic mass is 10.1. The monoisotopic (exact) mass is 602 g/mol. The van der Waals surface area contributed by atoms with E-state index in [1.807, 2.05) is 55.3 Å². The smallest absolute Gasteiger partial charge is 0.278 e. The van der Waals surface area contributed by atoms with Crippen LogP contribution in [0.2, 0.25) is 0 Å². The second kappa shape index (κ2) is 8.95. The highest BCUT2D eigenvalue weighted by molar-refractivity contribution is 14.1. The molecule has 10 heteroatoms. The molecule has 8 nitrogen and oxygen atoms in total. The van der Waals surface area contributed by atoms with Crippen molar-refractivity contribution in [2.75, 3.05) is 11.6 Å². The largest absolute Gasteiger partial charge is 0.502 e. The van der Waals surface area contributed by atoms with Gasteiger partial charge in [0, 0.05) is 28.4 Å². The lowest BCUT2D eigenvalue weighted by molar-refractivity contribution is 0.0590. The third-order valence-electron chi connectivity index (χ3n) is 6.59. The van der Waals surface area contributed by atoms with E-state index in [1.165, 1.54) is 10.9 Å². The molecular formula is C25H24IN4O4P. The molecule has 1 aromatic heterocycles. The van der Waals surface area contributed by atoms with Crippen LogP contribution in [0.15, 0.2) is 47.4 Å². The van der Waals surface area contributed by atoms with E-state index in [-0.39, 0.29) is 17.8 Å². The van der Waals surface area contributed by atoms with E-state index in [4.69, 9.17) is 0 Å². The van der Waals surface area contributed by atoms with Crippen LogP contribution in [-0.2, 0) is 13.1 Å². The molecule has 2 atom stereocenters. The van der Waals surface area contributed by atoms with Gasteiger partial charge in [0.25, 0.3) is 11.8 Å². The first kappa shape index (κ1) is 23.8. The predicted octanol–water partition coefficient (Wildman–Crippen LogP) is 2.52. The highest BCUT2D eigenvalue weighted by Crippen LogP contribution is 2.40. The molecule has 2 aliphatic rings. The van der Waals surface area contributed by atoms with Gasteiger partial charge in [0.05, 0.1) is 6.54 Å². The van der Waals surface area contributed by atoms with Gasteiger partial charge < -0.3 is 15.3 Å². The highest BCUT2D eigenvalue weighted by atomic mass is 127. The molecule has 0 radical (unpaired) electrons. The number of aryl methyl sites for hydroxylation is 1. The zero-order valence-electron chi connectivity index (χ0n) is 19.2. The lowest BCUT2D eigenvalue weighted by Crippen LogP contribution is -2.53. The van der Waals surface area contributed by atoms with Gasteiger partial charge in [0.15, 0.2) is 11.4 Å². The Kier molecular flexibility index (Phi) is 6.09. The van der Waals surface area contributed by atoms with Gasteiger partial charge in [-0.25, -0.2) is 0 Å². The number of carbonyl (C=O) groups excluding carboxylic acids is 2. The van der Waals surface area contributed by atoms with E-state index in [0.717, 1.165) is 31.1 Å². The van der Waals surface area contributed by atoms with Crippen molar-refractivity contribution in [3.8, 4) is 5.75 Å². The molecule has 2 aromatic carbocycles. The topological polar surface area (TPSA) is 94.9 Å². The molecule has 3 heterocycles. The maximum atomic E-state index is 13.4. The molecule has 2 aliphatic heterocycles. The van der Waals surface area contributed by atoms with E-state index >= 15 is 0 Å². The van der Waals surface area contributed by atoms with Crippen LogP contribution in [0.25, 0.3) is 0 Å². The number of rotatable bonds is 4. The van der Waals surface area contributed by atoms with Gasteiger partial charge in [-0.15, -0.1) is 9.24 Å². The summed E-state index contributed by atoms with van der Waals surface area (Å²) in [6.45, 7) is 4.91. The number of aromatic nitrogens is 1. The lowest BCUT2D eigenvalue weighted by Gasteiger charge is -2.43. The van der Waals surface area contributed by atoms with E-state index in [0.29, 0.717) is 13.1 Å². The van der Waals surface area contributed by atoms with Gasteiger partial charge in [0.1, 0.15) is 11.7 Å². The van der Waals surface area contributed by atoms with Crippen LogP contribution < -0.4 is 21.1 Å². The van der Waals surface area contributed by atoms with Gasteiger partial charge in [-0.05, 0) is 76.6 Å². The van der Waals surface area contributed by atoms with E-state index < -0.39 is 29.2 Å². The van der Waals surface area contributed by atoms with Crippen LogP contribution >= 0.6 is 31.8 Å². The molecule has 0 bridgehead atoms. The first-order valence-electron chi connectivity index (χ1n) is 11.2. The maximum Gasteiger partial charge on any atom is 0.278 e. The fourth-order valence-electron chi connectivity index (χ4n) is 4.79. The highest BCUT2D eigenvalue weighted by Gasteiger charge is 2.44. The Morgan fingerprint density at radius 3 is 2.71 bits per heavy atom. The fraction of sp³-hybridized carbons (Fsp3) is 0.240. The second-order valence-corrected chi connectivity index (χ2v) is 10.6. The summed E-state index contributed by atoms with van der Waals surface area (Å²) in [7, 11) is 2.67. The van der Waals surface area contributed by atoms with Crippen molar-refractivity contribution in [1.29, 1.82) is 0 Å². The van der Waals surface area contributed by atoms with Crippen LogP contribution in [-0.4, -0.2) is 33.0 Å². The zero-order valence-corrected chi connectivity index (χ0v) is 22.5. The molecule has 2 amide bonds. The van der Waals surface area contributed by atoms with Gasteiger partial charge in [-0.3, -0.25) is 24.1 Å². The number of carbonyl (C=O) groups is 2. The third kappa shape index (κ3) is 3.90. The summed E-state index contributed by atoms with van der Waals surface area (Å²) in [5.74, 6) is -1.77. The number of nitrogens with one attached hydrogen (secondary N) is 1. The zero-order chi connectivity index (χ0) is 25.0. The minimum Gasteiger partial charge on any atom is -0.502 e. The van der Waals surface area contributed by atoms with Gasteiger partial charge in [0.2, 0.25) is 5.43 Å². The average molecular weight is 602 g/mol. The van der Waals surface area contributed by atoms with Gasteiger partial charge in [-0.1, -0.05) is 18.2 Å². The van der Waals surface area contributed by atoms with Crippen molar-refractivity contribution >= 4 is 48.9 Å². The predicted molar refractivity (Wildman–Crippen MR) is 145 cm³/mol. The standard InChI is InChI=1S/C25H24IN4O4P/c1-3-28-24-18-9-17(35)7-5-15(18)11-30(24)29-12-19(21(31)22(32)20(29)25(28)34)23(33)27-10-14-4-6-16(26)8-13(14)2/h4-9,12,24,32H,3,10-11,35H2,1-2H3,(H,27,33)/t24-/m0/s1. The Morgan fingerprint density at radius 1 is 1.23 bits per heavy atom. The fourth-order valence-corrected chi connectivity index (χ4v) is 5.71. The van der Waals surface area contributed by atoms with Crippen LogP contribution in [0, 0.1) is 10.5 Å². The molecule has 180 valence electrons. The number of aromatic hydroxyl groups is 1. The maximum absolute atomic E-state index is 13.4. The molecule has 5 rings (SSSR count). The number of halogens is 1. The van der Waals surface area contributed by atoms with Crippen molar-refractivity contribution in [3.63, 3.8) is 0 Å². The van der Waals surface area contributed by atoms with E-state index in [1.54, 1.807) is 4.90 Å². The summed E-state index contributed by atoms with van der Waals surface area (Å²) in [5, 5.41) is 16.5. The molecule has 0 saturated carbocycles. The first-order valence-corrected chi connectivity index (χ1v) is 12.8. The summed E-state index contributed by atoms with van der Waals surface area (Å²) in [6, 6.07) is 11.9. The summed E-state index contributed by atoms with van der Waals surface area (Å²) in [6.07, 6.45) is 0.974. The van der Waals surface area contributed by atoms with Crippen LogP contribution in [0.3, 0.4) is 0 Å². The number of pyridine rings is 1. The summed E-state index contributed by atoms with van der Waals surface area (Å²) in [4.78, 5) is 41.1. The van der Waals surface area contributed by atoms with Gasteiger partial charge in [-0.2, -0.15) is 0 Å².